The van der Waals surface area contributed by atoms with Crippen molar-refractivity contribution in [3.05, 3.63) is 65.4 Å². The van der Waals surface area contributed by atoms with Crippen LogP contribution in [0.4, 0.5) is 40.4 Å². The summed E-state index contributed by atoms with van der Waals surface area (Å²) in [4.78, 5) is 27.5. The monoisotopic (exact) mass is 541 g/mol. The highest BCUT2D eigenvalue weighted by atomic mass is 32.2. The van der Waals surface area contributed by atoms with E-state index in [4.69, 9.17) is 5.73 Å². The molecule has 1 aliphatic heterocycles. The maximum atomic E-state index is 15.4. The number of primary amides is 1. The molecule has 0 radical (unpaired) electrons. The Morgan fingerprint density at radius 2 is 1.92 bits per heavy atom. The summed E-state index contributed by atoms with van der Waals surface area (Å²) in [6, 6.07) is 5.63. The van der Waals surface area contributed by atoms with Gasteiger partial charge in [0.05, 0.1) is 28.5 Å². The molecule has 2 aromatic carbocycles. The van der Waals surface area contributed by atoms with Gasteiger partial charge < -0.3 is 25.8 Å². The van der Waals surface area contributed by atoms with Crippen molar-refractivity contribution in [1.82, 2.24) is 4.98 Å². The van der Waals surface area contributed by atoms with Gasteiger partial charge >= 0.3 is 12.6 Å². The molecule has 0 aliphatic carbocycles. The zero-order valence-electron chi connectivity index (χ0n) is 18.2. The van der Waals surface area contributed by atoms with Crippen molar-refractivity contribution in [1.29, 1.82) is 0 Å². The van der Waals surface area contributed by atoms with Crippen LogP contribution in [0.15, 0.2) is 47.5 Å². The highest BCUT2D eigenvalue weighted by Crippen LogP contribution is 2.42. The lowest BCUT2D eigenvalue weighted by Gasteiger charge is -2.23. The molecule has 5 N–H and O–H groups in total. The molecule has 1 aliphatic rings. The molecule has 1 amide bonds. The van der Waals surface area contributed by atoms with E-state index in [1.54, 1.807) is 0 Å². The molecule has 0 saturated carbocycles. The first-order chi connectivity index (χ1) is 17.4. The minimum atomic E-state index is -4.75. The van der Waals surface area contributed by atoms with Gasteiger partial charge in [0.2, 0.25) is 0 Å². The minimum absolute atomic E-state index is 0.0262. The van der Waals surface area contributed by atoms with Crippen LogP contribution in [0.5, 0.6) is 5.75 Å². The number of halogens is 4. The lowest BCUT2D eigenvalue weighted by atomic mass is 10.1. The third kappa shape index (κ3) is 4.90. The Balaban J connectivity index is 1.86. The van der Waals surface area contributed by atoms with Crippen molar-refractivity contribution in [3.63, 3.8) is 0 Å². The summed E-state index contributed by atoms with van der Waals surface area (Å²) in [7, 11) is -4.75. The molecular formula is C21H15F4N5O6S. The molecule has 0 unspecified atom stereocenters. The van der Waals surface area contributed by atoms with Gasteiger partial charge in [0.1, 0.15) is 22.8 Å². The van der Waals surface area contributed by atoms with E-state index in [0.29, 0.717) is 6.07 Å². The number of pyridine rings is 1. The number of amides is 1. The fraction of sp³-hybridized carbons (Fsp3) is 0.0952. The minimum Gasteiger partial charge on any atom is -0.478 e. The molecular weight excluding hydrogens is 526 g/mol. The van der Waals surface area contributed by atoms with E-state index in [9.17, 15) is 36.3 Å². The molecule has 0 spiro atoms. The number of aromatic nitrogens is 1. The summed E-state index contributed by atoms with van der Waals surface area (Å²) in [6.45, 7) is -3.48. The van der Waals surface area contributed by atoms with E-state index >= 15 is 4.39 Å². The summed E-state index contributed by atoms with van der Waals surface area (Å²) < 4.78 is 87.5. The number of benzene rings is 2. The Hall–Kier alpha value is -4.60. The number of carboxylic acid groups (broad SMARTS) is 1. The fourth-order valence-electron chi connectivity index (χ4n) is 3.52. The Bertz CT molecular complexity index is 1540. The van der Waals surface area contributed by atoms with Crippen LogP contribution in [0.25, 0.3) is 0 Å². The highest BCUT2D eigenvalue weighted by molar-refractivity contribution is 7.92. The number of carboxylic acids is 1. The molecule has 16 heteroatoms. The maximum Gasteiger partial charge on any atom is 0.387 e. The lowest BCUT2D eigenvalue weighted by molar-refractivity contribution is -0.0500. The number of fused-ring (bicyclic) bond motifs is 1. The second-order valence-electron chi connectivity index (χ2n) is 7.42. The van der Waals surface area contributed by atoms with E-state index in [1.807, 2.05) is 4.72 Å². The summed E-state index contributed by atoms with van der Waals surface area (Å²) in [6.07, 6.45) is 1.03. The van der Waals surface area contributed by atoms with Crippen LogP contribution < -0.4 is 25.4 Å². The third-order valence-electron chi connectivity index (χ3n) is 5.12. The molecule has 0 atom stereocenters. The van der Waals surface area contributed by atoms with Gasteiger partial charge in [0.15, 0.2) is 11.6 Å². The van der Waals surface area contributed by atoms with Crippen molar-refractivity contribution in [3.8, 4) is 5.75 Å². The number of alkyl halides is 2. The molecule has 3 aromatic rings. The van der Waals surface area contributed by atoms with Gasteiger partial charge in [-0.2, -0.15) is 8.78 Å². The van der Waals surface area contributed by atoms with E-state index in [0.717, 1.165) is 41.4 Å². The summed E-state index contributed by atoms with van der Waals surface area (Å²) >= 11 is 0. The summed E-state index contributed by atoms with van der Waals surface area (Å²) in [5, 5.41) is 12.0. The third-order valence-corrected chi connectivity index (χ3v) is 6.47. The Kier molecular flexibility index (Phi) is 6.51. The Morgan fingerprint density at radius 3 is 2.57 bits per heavy atom. The number of sulfonamides is 1. The van der Waals surface area contributed by atoms with Gasteiger partial charge in [-0.15, -0.1) is 0 Å². The number of carbonyl (C=O) groups excluding carboxylic acids is 1. The van der Waals surface area contributed by atoms with Gasteiger partial charge in [0, 0.05) is 18.3 Å². The predicted molar refractivity (Wildman–Crippen MR) is 121 cm³/mol. The number of hydrogen-bond donors (Lipinski definition) is 4. The Morgan fingerprint density at radius 1 is 1.19 bits per heavy atom. The van der Waals surface area contributed by atoms with Crippen molar-refractivity contribution < 1.29 is 45.4 Å². The average molecular weight is 541 g/mol. The molecule has 0 fully saturated rings. The molecule has 194 valence electrons. The van der Waals surface area contributed by atoms with Gasteiger partial charge in [-0.25, -0.2) is 27.0 Å². The van der Waals surface area contributed by atoms with Crippen LogP contribution >= 0.6 is 0 Å². The van der Waals surface area contributed by atoms with E-state index in [-0.39, 0.29) is 23.7 Å². The van der Waals surface area contributed by atoms with Crippen molar-refractivity contribution in [2.45, 2.75) is 11.5 Å². The number of rotatable bonds is 8. The number of nitrogens with two attached hydrogens (primary N) is 1. The van der Waals surface area contributed by atoms with Crippen molar-refractivity contribution in [2.24, 2.45) is 5.73 Å². The van der Waals surface area contributed by atoms with Crippen molar-refractivity contribution >= 4 is 44.8 Å². The Labute approximate surface area is 205 Å². The molecule has 4 rings (SSSR count). The molecule has 0 saturated heterocycles. The van der Waals surface area contributed by atoms with Gasteiger partial charge in [0.25, 0.3) is 15.9 Å². The first kappa shape index (κ1) is 25.5. The normalized spacial score (nSPS) is 12.7. The van der Waals surface area contributed by atoms with Crippen LogP contribution in [0, 0.1) is 11.6 Å². The quantitative estimate of drug-likeness (QED) is 0.314. The smallest absolute Gasteiger partial charge is 0.387 e. The summed E-state index contributed by atoms with van der Waals surface area (Å²) in [5.74, 6) is -6.37. The second-order valence-corrected chi connectivity index (χ2v) is 9.11. The molecule has 37 heavy (non-hydrogen) atoms. The van der Waals surface area contributed by atoms with Gasteiger partial charge in [-0.1, -0.05) is 6.07 Å². The van der Waals surface area contributed by atoms with E-state index < -0.39 is 67.7 Å². The molecule has 1 aromatic heterocycles. The first-order valence-corrected chi connectivity index (χ1v) is 11.5. The first-order valence-electron chi connectivity index (χ1n) is 10.0. The van der Waals surface area contributed by atoms with Gasteiger partial charge in [-0.3, -0.25) is 9.52 Å². The molecule has 2 heterocycles. The molecule has 11 nitrogen and oxygen atoms in total. The second kappa shape index (κ2) is 9.45. The SMILES string of the molecule is NC(=O)c1c(F)cc(N2CNc3ncc(C(=O)O)cc32)c(NS(=O)(=O)c2cccc(OC(F)F)c2)c1F. The summed E-state index contributed by atoms with van der Waals surface area (Å²) in [5.41, 5.74) is 2.17. The van der Waals surface area contributed by atoms with Crippen LogP contribution in [-0.2, 0) is 10.0 Å². The van der Waals surface area contributed by atoms with Gasteiger partial charge in [-0.05, 0) is 18.2 Å². The van der Waals surface area contributed by atoms with Crippen LogP contribution in [-0.4, -0.2) is 43.7 Å². The number of ether oxygens (including phenoxy) is 1. The fourth-order valence-corrected chi connectivity index (χ4v) is 4.63. The standard InChI is InChI=1S/C21H15F4N5O6S/c22-12-6-13(30-8-28-19-14(30)4-9(7-27-19)20(32)33)17(16(23)15(12)18(26)31)29-37(34,35)11-3-1-2-10(5-11)36-21(24)25/h1-7,21,29H,8H2,(H2,26,31)(H,27,28)(H,32,33). The van der Waals surface area contributed by atoms with Crippen molar-refractivity contribution in [2.75, 3.05) is 21.6 Å². The highest BCUT2D eigenvalue weighted by Gasteiger charge is 2.32. The number of carbonyl (C=O) groups is 2. The number of nitrogens with zero attached hydrogens (tertiary/aromatic N) is 2. The number of nitrogens with one attached hydrogen (secondary N) is 2. The number of hydrogen-bond acceptors (Lipinski definition) is 8. The zero-order chi connectivity index (χ0) is 27.1. The van der Waals surface area contributed by atoms with E-state index in [2.05, 4.69) is 15.0 Å². The van der Waals surface area contributed by atoms with Crippen LogP contribution in [0.3, 0.4) is 0 Å². The topological polar surface area (TPSA) is 164 Å². The average Bonchev–Trinajstić information content (AvgIpc) is 3.23. The number of aromatic carboxylic acids is 1. The maximum absolute atomic E-state index is 15.4. The lowest BCUT2D eigenvalue weighted by Crippen LogP contribution is -2.24. The number of anilines is 4. The predicted octanol–water partition coefficient (Wildman–Crippen LogP) is 3.08. The zero-order valence-corrected chi connectivity index (χ0v) is 19.0. The van der Waals surface area contributed by atoms with Crippen LogP contribution in [0.2, 0.25) is 0 Å². The largest absolute Gasteiger partial charge is 0.478 e. The molecule has 0 bridgehead atoms. The van der Waals surface area contributed by atoms with Crippen LogP contribution in [0.1, 0.15) is 20.7 Å². The van der Waals surface area contributed by atoms with E-state index in [1.165, 1.54) is 0 Å².